The van der Waals surface area contributed by atoms with Gasteiger partial charge in [0.2, 0.25) is 0 Å². The van der Waals surface area contributed by atoms with Crippen LogP contribution in [0.2, 0.25) is 0 Å². The molecule has 1 heterocycles. The first-order chi connectivity index (χ1) is 10.9. The lowest BCUT2D eigenvalue weighted by Gasteiger charge is -2.25. The lowest BCUT2D eigenvalue weighted by Crippen LogP contribution is -2.29. The van der Waals surface area contributed by atoms with E-state index in [4.69, 9.17) is 9.84 Å². The van der Waals surface area contributed by atoms with Crippen molar-refractivity contribution in [3.05, 3.63) is 41.1 Å². The maximum Gasteiger partial charge on any atom is 0.313 e. The van der Waals surface area contributed by atoms with E-state index in [2.05, 4.69) is 10.3 Å². The fourth-order valence-corrected chi connectivity index (χ4v) is 3.00. The highest BCUT2D eigenvalue weighted by molar-refractivity contribution is 8.14. The van der Waals surface area contributed by atoms with Gasteiger partial charge in [-0.2, -0.15) is 0 Å². The minimum atomic E-state index is -0.917. The Balaban J connectivity index is 2.36. The van der Waals surface area contributed by atoms with Crippen molar-refractivity contribution in [1.82, 2.24) is 5.32 Å². The predicted molar refractivity (Wildman–Crippen MR) is 89.8 cm³/mol. The number of carboxylic acids is 1. The van der Waals surface area contributed by atoms with Crippen LogP contribution in [0.4, 0.5) is 0 Å². The third kappa shape index (κ3) is 4.13. The van der Waals surface area contributed by atoms with Gasteiger partial charge in [0.1, 0.15) is 11.8 Å². The zero-order chi connectivity index (χ0) is 17.0. The molecule has 1 aromatic rings. The number of amidine groups is 1. The molecule has 1 atom stereocenters. The number of thioether (sulfide) groups is 1. The first-order valence-electron chi connectivity index (χ1n) is 6.97. The largest absolute Gasteiger partial charge is 0.497 e. The summed E-state index contributed by atoms with van der Waals surface area (Å²) in [5, 5.41) is 12.3. The molecule has 2 N–H and O–H groups in total. The standard InChI is InChI=1S/C16H18N2O4S/c1-9-14(10(2)19)15(11-4-6-12(22-3)7-5-11)18-16(17-9)23-8-13(20)21/h4-7,15H,8H2,1-3H3,(H,17,18)(H,20,21). The summed E-state index contributed by atoms with van der Waals surface area (Å²) < 4.78 is 5.14. The molecule has 0 aliphatic carbocycles. The van der Waals surface area contributed by atoms with Crippen molar-refractivity contribution >= 4 is 28.7 Å². The van der Waals surface area contributed by atoms with Crippen LogP contribution in [-0.4, -0.2) is 34.9 Å². The summed E-state index contributed by atoms with van der Waals surface area (Å²) in [6.45, 7) is 3.30. The number of ether oxygens (including phenoxy) is 1. The van der Waals surface area contributed by atoms with Crippen LogP contribution in [0.3, 0.4) is 0 Å². The summed E-state index contributed by atoms with van der Waals surface area (Å²) in [4.78, 5) is 27.2. The molecular weight excluding hydrogens is 316 g/mol. The lowest BCUT2D eigenvalue weighted by atomic mass is 9.94. The highest BCUT2D eigenvalue weighted by atomic mass is 32.2. The Bertz CT molecular complexity index is 680. The Morgan fingerprint density at radius 1 is 1.35 bits per heavy atom. The number of allylic oxidation sites excluding steroid dienone is 1. The minimum absolute atomic E-state index is 0.0677. The number of carboxylic acid groups (broad SMARTS) is 1. The molecule has 0 spiro atoms. The van der Waals surface area contributed by atoms with E-state index in [1.54, 1.807) is 14.0 Å². The van der Waals surface area contributed by atoms with E-state index in [1.807, 2.05) is 24.3 Å². The topological polar surface area (TPSA) is 88.0 Å². The van der Waals surface area contributed by atoms with Crippen molar-refractivity contribution in [2.75, 3.05) is 12.9 Å². The Morgan fingerprint density at radius 3 is 2.52 bits per heavy atom. The van der Waals surface area contributed by atoms with E-state index in [1.165, 1.54) is 6.92 Å². The Labute approximate surface area is 138 Å². The number of carbonyl (C=O) groups excluding carboxylic acids is 1. The lowest BCUT2D eigenvalue weighted by molar-refractivity contribution is -0.133. The fourth-order valence-electron chi connectivity index (χ4n) is 2.33. The van der Waals surface area contributed by atoms with Gasteiger partial charge in [-0.1, -0.05) is 23.9 Å². The second-order valence-corrected chi connectivity index (χ2v) is 5.98. The highest BCUT2D eigenvalue weighted by Gasteiger charge is 2.27. The summed E-state index contributed by atoms with van der Waals surface area (Å²) in [5.74, 6) is -0.359. The number of Topliss-reactive ketones (excluding diaryl/α,β-unsaturated/α-hetero) is 1. The van der Waals surface area contributed by atoms with E-state index < -0.39 is 12.0 Å². The van der Waals surface area contributed by atoms with E-state index in [9.17, 15) is 9.59 Å². The molecule has 0 aromatic heterocycles. The van der Waals surface area contributed by atoms with Crippen molar-refractivity contribution in [2.24, 2.45) is 4.99 Å². The number of benzene rings is 1. The summed E-state index contributed by atoms with van der Waals surface area (Å²) in [6, 6.07) is 6.88. The normalized spacial score (nSPS) is 17.3. The van der Waals surface area contributed by atoms with Crippen molar-refractivity contribution in [1.29, 1.82) is 0 Å². The van der Waals surface area contributed by atoms with Crippen LogP contribution in [0.15, 0.2) is 40.5 Å². The summed E-state index contributed by atoms with van der Waals surface area (Å²) in [5.41, 5.74) is 2.13. The van der Waals surface area contributed by atoms with Crippen molar-refractivity contribution in [2.45, 2.75) is 19.9 Å². The van der Waals surface area contributed by atoms with E-state index >= 15 is 0 Å². The van der Waals surface area contributed by atoms with Gasteiger partial charge in [0, 0.05) is 11.3 Å². The van der Waals surface area contributed by atoms with E-state index in [0.29, 0.717) is 16.4 Å². The number of hydrogen-bond acceptors (Lipinski definition) is 6. The van der Waals surface area contributed by atoms with Gasteiger partial charge in [-0.15, -0.1) is 0 Å². The number of ketones is 1. The monoisotopic (exact) mass is 334 g/mol. The van der Waals surface area contributed by atoms with Gasteiger partial charge in [-0.05, 0) is 31.5 Å². The molecule has 1 unspecified atom stereocenters. The molecule has 122 valence electrons. The first-order valence-corrected chi connectivity index (χ1v) is 7.96. The van der Waals surface area contributed by atoms with Gasteiger partial charge < -0.3 is 15.2 Å². The molecule has 0 bridgehead atoms. The number of aliphatic imine (C=N–C) groups is 1. The Kier molecular flexibility index (Phi) is 5.44. The van der Waals surface area contributed by atoms with Crippen LogP contribution in [0.5, 0.6) is 5.75 Å². The smallest absolute Gasteiger partial charge is 0.313 e. The van der Waals surface area contributed by atoms with Gasteiger partial charge in [-0.3, -0.25) is 9.59 Å². The SMILES string of the molecule is COc1ccc(C2N=C(SCC(=O)O)NC(C)=C2C(C)=O)cc1. The molecule has 1 aliphatic rings. The second kappa shape index (κ2) is 7.32. The maximum atomic E-state index is 12.0. The minimum Gasteiger partial charge on any atom is -0.497 e. The number of aliphatic carboxylic acids is 1. The molecule has 1 aliphatic heterocycles. The van der Waals surface area contributed by atoms with Crippen LogP contribution < -0.4 is 10.1 Å². The van der Waals surface area contributed by atoms with Crippen LogP contribution in [0, 0.1) is 0 Å². The average molecular weight is 334 g/mol. The average Bonchev–Trinajstić information content (AvgIpc) is 2.52. The third-order valence-corrected chi connectivity index (χ3v) is 4.23. The number of hydrogen-bond donors (Lipinski definition) is 2. The third-order valence-electron chi connectivity index (χ3n) is 3.36. The van der Waals surface area contributed by atoms with Gasteiger partial charge in [-0.25, -0.2) is 4.99 Å². The number of carbonyl (C=O) groups is 2. The molecule has 0 amide bonds. The maximum absolute atomic E-state index is 12.0. The van der Waals surface area contributed by atoms with Gasteiger partial charge in [0.05, 0.1) is 12.9 Å². The Hall–Kier alpha value is -2.28. The second-order valence-electron chi connectivity index (χ2n) is 5.01. The van der Waals surface area contributed by atoms with Crippen LogP contribution >= 0.6 is 11.8 Å². The molecule has 0 fully saturated rings. The highest BCUT2D eigenvalue weighted by Crippen LogP contribution is 2.33. The number of nitrogens with one attached hydrogen (secondary N) is 1. The van der Waals surface area contributed by atoms with Crippen molar-refractivity contribution in [3.8, 4) is 5.75 Å². The van der Waals surface area contributed by atoms with Gasteiger partial charge in [0.15, 0.2) is 11.0 Å². The predicted octanol–water partition coefficient (Wildman–Crippen LogP) is 2.38. The van der Waals surface area contributed by atoms with Crippen molar-refractivity contribution < 1.29 is 19.4 Å². The molecule has 2 rings (SSSR count). The van der Waals surface area contributed by atoms with Crippen LogP contribution in [0.1, 0.15) is 25.5 Å². The molecular formula is C16H18N2O4S. The molecule has 7 heteroatoms. The number of methoxy groups -OCH3 is 1. The molecule has 0 radical (unpaired) electrons. The number of rotatable bonds is 5. The van der Waals surface area contributed by atoms with Gasteiger partial charge >= 0.3 is 5.97 Å². The quantitative estimate of drug-likeness (QED) is 0.859. The zero-order valence-electron chi connectivity index (χ0n) is 13.1. The molecule has 0 saturated carbocycles. The molecule has 6 nitrogen and oxygen atoms in total. The summed E-state index contributed by atoms with van der Waals surface area (Å²) in [7, 11) is 1.59. The fraction of sp³-hybridized carbons (Fsp3) is 0.312. The van der Waals surface area contributed by atoms with E-state index in [-0.39, 0.29) is 11.5 Å². The summed E-state index contributed by atoms with van der Waals surface area (Å²) >= 11 is 1.10. The van der Waals surface area contributed by atoms with Crippen LogP contribution in [0.25, 0.3) is 0 Å². The molecule has 23 heavy (non-hydrogen) atoms. The number of nitrogens with zero attached hydrogens (tertiary/aromatic N) is 1. The first kappa shape index (κ1) is 17.1. The van der Waals surface area contributed by atoms with Crippen molar-refractivity contribution in [3.63, 3.8) is 0 Å². The van der Waals surface area contributed by atoms with Crippen LogP contribution in [-0.2, 0) is 9.59 Å². The molecule has 1 aromatic carbocycles. The van der Waals surface area contributed by atoms with Gasteiger partial charge in [0.25, 0.3) is 0 Å². The molecule has 0 saturated heterocycles. The Morgan fingerprint density at radius 2 is 2.00 bits per heavy atom. The summed E-state index contributed by atoms with van der Waals surface area (Å²) in [6.07, 6.45) is 0. The zero-order valence-corrected chi connectivity index (χ0v) is 13.9. The van der Waals surface area contributed by atoms with E-state index in [0.717, 1.165) is 23.1 Å².